The van der Waals surface area contributed by atoms with Gasteiger partial charge in [0.1, 0.15) is 5.75 Å². The van der Waals surface area contributed by atoms with E-state index >= 15 is 0 Å². The van der Waals surface area contributed by atoms with Crippen LogP contribution in [0.4, 0.5) is 5.69 Å². The van der Waals surface area contributed by atoms with E-state index in [4.69, 9.17) is 4.74 Å². The number of nitrogens with zero attached hydrogens (tertiary/aromatic N) is 1. The molecule has 0 bridgehead atoms. The van der Waals surface area contributed by atoms with Gasteiger partial charge in [-0.2, -0.15) is 0 Å². The summed E-state index contributed by atoms with van der Waals surface area (Å²) in [6, 6.07) is 6.29. The summed E-state index contributed by atoms with van der Waals surface area (Å²) in [5, 5.41) is 0. The molecule has 0 aliphatic carbocycles. The summed E-state index contributed by atoms with van der Waals surface area (Å²) < 4.78 is 5.53. The lowest BCUT2D eigenvalue weighted by Crippen LogP contribution is -2.37. The molecule has 0 atom stereocenters. The highest BCUT2D eigenvalue weighted by atomic mass is 32.2. The molecule has 0 aromatic heterocycles. The van der Waals surface area contributed by atoms with Crippen LogP contribution in [0, 0.1) is 0 Å². The standard InChI is InChI=1S/C12H17NOS/c1-12(2)8-13(3)10-7-9(14-4)5-6-11(10)15-12/h5-7H,8H2,1-4H3. The quantitative estimate of drug-likeness (QED) is 0.726. The molecule has 0 saturated heterocycles. The molecule has 15 heavy (non-hydrogen) atoms. The summed E-state index contributed by atoms with van der Waals surface area (Å²) in [5.41, 5.74) is 1.28. The zero-order chi connectivity index (χ0) is 11.1. The van der Waals surface area contributed by atoms with Crippen molar-refractivity contribution in [2.45, 2.75) is 23.5 Å². The van der Waals surface area contributed by atoms with E-state index in [9.17, 15) is 0 Å². The van der Waals surface area contributed by atoms with E-state index in [0.717, 1.165) is 12.3 Å². The highest BCUT2D eigenvalue weighted by molar-refractivity contribution is 8.00. The smallest absolute Gasteiger partial charge is 0.121 e. The van der Waals surface area contributed by atoms with Gasteiger partial charge in [0.2, 0.25) is 0 Å². The molecule has 0 radical (unpaired) electrons. The number of hydrogen-bond donors (Lipinski definition) is 0. The Morgan fingerprint density at radius 2 is 2.13 bits per heavy atom. The van der Waals surface area contributed by atoms with Gasteiger partial charge in [-0.3, -0.25) is 0 Å². The van der Waals surface area contributed by atoms with Gasteiger partial charge >= 0.3 is 0 Å². The van der Waals surface area contributed by atoms with Crippen LogP contribution in [0.2, 0.25) is 0 Å². The second-order valence-corrected chi connectivity index (χ2v) is 6.30. The molecule has 1 heterocycles. The molecule has 1 aliphatic rings. The average molecular weight is 223 g/mol. The summed E-state index contributed by atoms with van der Waals surface area (Å²) in [4.78, 5) is 3.64. The highest BCUT2D eigenvalue weighted by Crippen LogP contribution is 2.44. The van der Waals surface area contributed by atoms with Gasteiger partial charge in [0.15, 0.2) is 0 Å². The lowest BCUT2D eigenvalue weighted by Gasteiger charge is -2.38. The maximum absolute atomic E-state index is 5.24. The van der Waals surface area contributed by atoms with Crippen molar-refractivity contribution in [1.82, 2.24) is 0 Å². The number of rotatable bonds is 1. The van der Waals surface area contributed by atoms with Crippen LogP contribution in [0.3, 0.4) is 0 Å². The molecule has 0 N–H and O–H groups in total. The molecule has 82 valence electrons. The topological polar surface area (TPSA) is 12.5 Å². The number of fused-ring (bicyclic) bond motifs is 1. The lowest BCUT2D eigenvalue weighted by molar-refractivity contribution is 0.414. The van der Waals surface area contributed by atoms with Crippen molar-refractivity contribution in [3.63, 3.8) is 0 Å². The molecule has 0 fully saturated rings. The number of anilines is 1. The molecule has 3 heteroatoms. The maximum atomic E-state index is 5.24. The Morgan fingerprint density at radius 3 is 2.80 bits per heavy atom. The zero-order valence-corrected chi connectivity index (χ0v) is 10.5. The summed E-state index contributed by atoms with van der Waals surface area (Å²) in [6.45, 7) is 5.63. The Kier molecular flexibility index (Phi) is 2.59. The first-order valence-corrected chi connectivity index (χ1v) is 5.92. The number of ether oxygens (including phenoxy) is 1. The van der Waals surface area contributed by atoms with Gasteiger partial charge in [0.25, 0.3) is 0 Å². The molecule has 1 aromatic rings. The predicted octanol–water partition coefficient (Wildman–Crippen LogP) is 3.02. The normalized spacial score (nSPS) is 18.5. The molecule has 0 unspecified atom stereocenters. The van der Waals surface area contributed by atoms with E-state index < -0.39 is 0 Å². The number of methoxy groups -OCH3 is 1. The Hall–Kier alpha value is -0.830. The molecule has 2 rings (SSSR count). The Morgan fingerprint density at radius 1 is 1.40 bits per heavy atom. The summed E-state index contributed by atoms with van der Waals surface area (Å²) in [7, 11) is 3.85. The first-order valence-electron chi connectivity index (χ1n) is 5.10. The van der Waals surface area contributed by atoms with Crippen molar-refractivity contribution in [3.8, 4) is 5.75 Å². The van der Waals surface area contributed by atoms with Gasteiger partial charge in [-0.25, -0.2) is 0 Å². The van der Waals surface area contributed by atoms with Crippen LogP contribution in [0.25, 0.3) is 0 Å². The van der Waals surface area contributed by atoms with E-state index in [1.165, 1.54) is 10.6 Å². The van der Waals surface area contributed by atoms with Crippen LogP contribution in [0.5, 0.6) is 5.75 Å². The predicted molar refractivity (Wildman–Crippen MR) is 66.2 cm³/mol. The Balaban J connectivity index is 2.41. The maximum Gasteiger partial charge on any atom is 0.121 e. The van der Waals surface area contributed by atoms with E-state index in [1.54, 1.807) is 7.11 Å². The van der Waals surface area contributed by atoms with Crippen LogP contribution in [0.15, 0.2) is 23.1 Å². The molecule has 0 spiro atoms. The summed E-state index contributed by atoms with van der Waals surface area (Å²) >= 11 is 1.94. The monoisotopic (exact) mass is 223 g/mol. The Labute approximate surface area is 95.6 Å². The zero-order valence-electron chi connectivity index (χ0n) is 9.70. The van der Waals surface area contributed by atoms with E-state index in [2.05, 4.69) is 37.9 Å². The van der Waals surface area contributed by atoms with Crippen LogP contribution < -0.4 is 9.64 Å². The molecule has 1 aliphatic heterocycles. The SMILES string of the molecule is COc1ccc2c(c1)N(C)CC(C)(C)S2. The fraction of sp³-hybridized carbons (Fsp3) is 0.500. The first kappa shape index (κ1) is 10.7. The summed E-state index contributed by atoms with van der Waals surface area (Å²) in [5.74, 6) is 0.931. The molecule has 1 aromatic carbocycles. The molecule has 2 nitrogen and oxygen atoms in total. The number of thioether (sulfide) groups is 1. The van der Waals surface area contributed by atoms with Crippen LogP contribution in [-0.2, 0) is 0 Å². The molecular formula is C12H17NOS. The van der Waals surface area contributed by atoms with Crippen LogP contribution in [-0.4, -0.2) is 25.4 Å². The molecule has 0 amide bonds. The van der Waals surface area contributed by atoms with Crippen LogP contribution in [0.1, 0.15) is 13.8 Å². The Bertz CT molecular complexity index is 376. The van der Waals surface area contributed by atoms with Crippen LogP contribution >= 0.6 is 11.8 Å². The highest BCUT2D eigenvalue weighted by Gasteiger charge is 2.29. The van der Waals surface area contributed by atoms with Gasteiger partial charge in [-0.05, 0) is 26.0 Å². The van der Waals surface area contributed by atoms with Crippen molar-refractivity contribution < 1.29 is 4.74 Å². The van der Waals surface area contributed by atoms with Gasteiger partial charge in [0, 0.05) is 29.3 Å². The number of hydrogen-bond acceptors (Lipinski definition) is 3. The van der Waals surface area contributed by atoms with E-state index in [-0.39, 0.29) is 4.75 Å². The minimum absolute atomic E-state index is 0.288. The first-order chi connectivity index (χ1) is 7.02. The van der Waals surface area contributed by atoms with Crippen molar-refractivity contribution in [2.75, 3.05) is 25.6 Å². The lowest BCUT2D eigenvalue weighted by atomic mass is 10.1. The second-order valence-electron chi connectivity index (χ2n) is 4.55. The summed E-state index contributed by atoms with van der Waals surface area (Å²) in [6.07, 6.45) is 0. The van der Waals surface area contributed by atoms with Crippen molar-refractivity contribution in [1.29, 1.82) is 0 Å². The van der Waals surface area contributed by atoms with E-state index in [0.29, 0.717) is 0 Å². The molecule has 0 saturated carbocycles. The van der Waals surface area contributed by atoms with Gasteiger partial charge < -0.3 is 9.64 Å². The minimum atomic E-state index is 0.288. The van der Waals surface area contributed by atoms with Gasteiger partial charge in [-0.15, -0.1) is 11.8 Å². The van der Waals surface area contributed by atoms with Crippen molar-refractivity contribution in [2.24, 2.45) is 0 Å². The number of benzene rings is 1. The largest absolute Gasteiger partial charge is 0.497 e. The third-order valence-electron chi connectivity index (χ3n) is 2.58. The van der Waals surface area contributed by atoms with Crippen molar-refractivity contribution >= 4 is 17.4 Å². The third kappa shape index (κ3) is 2.07. The second kappa shape index (κ2) is 3.63. The van der Waals surface area contributed by atoms with Gasteiger partial charge in [-0.1, -0.05) is 0 Å². The molecular weight excluding hydrogens is 206 g/mol. The van der Waals surface area contributed by atoms with E-state index in [1.807, 2.05) is 17.8 Å². The minimum Gasteiger partial charge on any atom is -0.497 e. The third-order valence-corrected chi connectivity index (χ3v) is 3.83. The van der Waals surface area contributed by atoms with Crippen molar-refractivity contribution in [3.05, 3.63) is 18.2 Å². The average Bonchev–Trinajstić information content (AvgIpc) is 2.15. The van der Waals surface area contributed by atoms with Gasteiger partial charge in [0.05, 0.1) is 12.8 Å². The fourth-order valence-electron chi connectivity index (χ4n) is 2.00. The fourth-order valence-corrected chi connectivity index (χ4v) is 3.30.